The van der Waals surface area contributed by atoms with E-state index in [0.29, 0.717) is 10.9 Å². The number of nitrogens with zero attached hydrogens (tertiary/aromatic N) is 1. The molecule has 0 saturated heterocycles. The van der Waals surface area contributed by atoms with Crippen LogP contribution in [0.2, 0.25) is 5.02 Å². The zero-order chi connectivity index (χ0) is 18.4. The summed E-state index contributed by atoms with van der Waals surface area (Å²) in [4.78, 5) is 15.4. The molecule has 27 heavy (non-hydrogen) atoms. The van der Waals surface area contributed by atoms with E-state index in [0.717, 1.165) is 36.1 Å². The van der Waals surface area contributed by atoms with Crippen molar-refractivity contribution in [1.29, 1.82) is 0 Å². The molecular formula is C23H24ClNO2. The van der Waals surface area contributed by atoms with Crippen molar-refractivity contribution < 1.29 is 9.53 Å². The van der Waals surface area contributed by atoms with Crippen LogP contribution in [0.25, 0.3) is 0 Å². The van der Waals surface area contributed by atoms with Gasteiger partial charge in [0.1, 0.15) is 0 Å². The van der Waals surface area contributed by atoms with Gasteiger partial charge in [-0.15, -0.1) is 0 Å². The van der Waals surface area contributed by atoms with Gasteiger partial charge in [-0.1, -0.05) is 54.8 Å². The van der Waals surface area contributed by atoms with Crippen LogP contribution in [-0.2, 0) is 10.5 Å². The van der Waals surface area contributed by atoms with Crippen LogP contribution < -0.4 is 0 Å². The lowest BCUT2D eigenvalue weighted by atomic mass is 9.93. The summed E-state index contributed by atoms with van der Waals surface area (Å²) < 4.78 is 6.89. The van der Waals surface area contributed by atoms with Crippen molar-refractivity contribution in [2.24, 2.45) is 5.92 Å². The summed E-state index contributed by atoms with van der Waals surface area (Å²) in [5.41, 5.74) is 1.91. The Kier molecular flexibility index (Phi) is 4.25. The Hall–Kier alpha value is -1.84. The van der Waals surface area contributed by atoms with Crippen molar-refractivity contribution in [2.45, 2.75) is 50.4 Å². The lowest BCUT2D eigenvalue weighted by molar-refractivity contribution is -0.143. The zero-order valence-corrected chi connectivity index (χ0v) is 16.1. The molecule has 0 spiro atoms. The summed E-state index contributed by atoms with van der Waals surface area (Å²) in [6.45, 7) is 0.753. The number of rotatable bonds is 5. The van der Waals surface area contributed by atoms with E-state index in [4.69, 9.17) is 16.3 Å². The molecule has 2 aliphatic carbocycles. The second kappa shape index (κ2) is 6.65. The van der Waals surface area contributed by atoms with E-state index in [1.165, 1.54) is 25.7 Å². The third kappa shape index (κ3) is 2.88. The standard InChI is InChI=1S/C23H24ClNO2/c24-18-13-11-17(12-14-18)23(27-19-5-1-2-6-19)21-8-4-3-7-20(21)22(26)25(23)15-16-9-10-16/h3-4,7-8,11-14,16,19H,1-2,5-6,9-10,15H2. The summed E-state index contributed by atoms with van der Waals surface area (Å²) in [5, 5.41) is 0.695. The van der Waals surface area contributed by atoms with Gasteiger partial charge in [-0.25, -0.2) is 0 Å². The van der Waals surface area contributed by atoms with Gasteiger partial charge in [0.2, 0.25) is 0 Å². The van der Waals surface area contributed by atoms with Crippen molar-refractivity contribution in [2.75, 3.05) is 6.54 Å². The van der Waals surface area contributed by atoms with Gasteiger partial charge in [0.15, 0.2) is 5.72 Å². The van der Waals surface area contributed by atoms with E-state index in [9.17, 15) is 4.79 Å². The van der Waals surface area contributed by atoms with E-state index in [-0.39, 0.29) is 12.0 Å². The van der Waals surface area contributed by atoms with Gasteiger partial charge < -0.3 is 9.64 Å². The molecule has 2 fully saturated rings. The maximum atomic E-state index is 13.4. The molecule has 2 aromatic rings. The molecule has 0 aromatic heterocycles. The minimum Gasteiger partial charge on any atom is -0.344 e. The molecule has 1 unspecified atom stereocenters. The van der Waals surface area contributed by atoms with E-state index >= 15 is 0 Å². The van der Waals surface area contributed by atoms with Gasteiger partial charge >= 0.3 is 0 Å². The number of amides is 1. The first-order chi connectivity index (χ1) is 13.2. The molecule has 0 N–H and O–H groups in total. The Morgan fingerprint density at radius 3 is 2.41 bits per heavy atom. The second-order valence-corrected chi connectivity index (χ2v) is 8.52. The summed E-state index contributed by atoms with van der Waals surface area (Å²) >= 11 is 6.17. The molecule has 1 heterocycles. The van der Waals surface area contributed by atoms with Crippen molar-refractivity contribution in [3.05, 3.63) is 70.2 Å². The molecule has 4 heteroatoms. The van der Waals surface area contributed by atoms with Crippen LogP contribution in [0.4, 0.5) is 0 Å². The highest BCUT2D eigenvalue weighted by Crippen LogP contribution is 2.49. The molecule has 1 aliphatic heterocycles. The van der Waals surface area contributed by atoms with E-state index in [1.807, 2.05) is 47.4 Å². The number of fused-ring (bicyclic) bond motifs is 1. The van der Waals surface area contributed by atoms with Crippen LogP contribution >= 0.6 is 11.6 Å². The fraction of sp³-hybridized carbons (Fsp3) is 0.435. The summed E-state index contributed by atoms with van der Waals surface area (Å²) in [6, 6.07) is 15.8. The van der Waals surface area contributed by atoms with Gasteiger partial charge in [0.25, 0.3) is 5.91 Å². The third-order valence-corrected chi connectivity index (χ3v) is 6.41. The molecule has 2 aromatic carbocycles. The number of ether oxygens (including phenoxy) is 1. The molecule has 140 valence electrons. The van der Waals surface area contributed by atoms with Crippen molar-refractivity contribution >= 4 is 17.5 Å². The van der Waals surface area contributed by atoms with Gasteiger partial charge in [0.05, 0.1) is 6.10 Å². The van der Waals surface area contributed by atoms with E-state index < -0.39 is 5.72 Å². The predicted octanol–water partition coefficient (Wildman–Crippen LogP) is 5.37. The molecule has 5 rings (SSSR count). The number of carbonyl (C=O) groups is 1. The fourth-order valence-corrected chi connectivity index (χ4v) is 4.72. The summed E-state index contributed by atoms with van der Waals surface area (Å²) in [6.07, 6.45) is 7.08. The van der Waals surface area contributed by atoms with Gasteiger partial charge in [-0.05, 0) is 49.8 Å². The van der Waals surface area contributed by atoms with Gasteiger partial charge in [0, 0.05) is 28.3 Å². The van der Waals surface area contributed by atoms with Gasteiger partial charge in [-0.3, -0.25) is 4.79 Å². The van der Waals surface area contributed by atoms with Crippen molar-refractivity contribution in [3.8, 4) is 0 Å². The molecule has 2 saturated carbocycles. The highest BCUT2D eigenvalue weighted by molar-refractivity contribution is 6.30. The Bertz CT molecular complexity index is 855. The van der Waals surface area contributed by atoms with Gasteiger partial charge in [-0.2, -0.15) is 0 Å². The number of halogens is 1. The van der Waals surface area contributed by atoms with E-state index in [1.54, 1.807) is 0 Å². The van der Waals surface area contributed by atoms with Crippen LogP contribution in [0.15, 0.2) is 48.5 Å². The molecule has 0 radical (unpaired) electrons. The molecule has 3 aliphatic rings. The summed E-state index contributed by atoms with van der Waals surface area (Å²) in [7, 11) is 0. The van der Waals surface area contributed by atoms with Crippen molar-refractivity contribution in [3.63, 3.8) is 0 Å². The number of carbonyl (C=O) groups excluding carboxylic acids is 1. The number of benzene rings is 2. The smallest absolute Gasteiger partial charge is 0.257 e. The second-order valence-electron chi connectivity index (χ2n) is 8.08. The zero-order valence-electron chi connectivity index (χ0n) is 15.4. The Morgan fingerprint density at radius 1 is 1.00 bits per heavy atom. The largest absolute Gasteiger partial charge is 0.344 e. The maximum absolute atomic E-state index is 13.4. The first-order valence-electron chi connectivity index (χ1n) is 10.0. The molecule has 0 bridgehead atoms. The van der Waals surface area contributed by atoms with Crippen LogP contribution in [-0.4, -0.2) is 23.5 Å². The first kappa shape index (κ1) is 17.3. The Morgan fingerprint density at radius 2 is 1.70 bits per heavy atom. The monoisotopic (exact) mass is 381 g/mol. The van der Waals surface area contributed by atoms with E-state index in [2.05, 4.69) is 6.07 Å². The maximum Gasteiger partial charge on any atom is 0.257 e. The van der Waals surface area contributed by atoms with Crippen molar-refractivity contribution in [1.82, 2.24) is 4.90 Å². The summed E-state index contributed by atoms with van der Waals surface area (Å²) in [5.74, 6) is 0.674. The fourth-order valence-electron chi connectivity index (χ4n) is 4.60. The highest BCUT2D eigenvalue weighted by atomic mass is 35.5. The molecule has 1 atom stereocenters. The lowest BCUT2D eigenvalue weighted by Gasteiger charge is -2.41. The average molecular weight is 382 g/mol. The average Bonchev–Trinajstić information content (AvgIpc) is 3.31. The van der Waals surface area contributed by atoms with Crippen LogP contribution in [0.3, 0.4) is 0 Å². The van der Waals surface area contributed by atoms with Crippen LogP contribution in [0, 0.1) is 5.92 Å². The number of hydrogen-bond donors (Lipinski definition) is 0. The molecular weight excluding hydrogens is 358 g/mol. The molecule has 1 amide bonds. The highest BCUT2D eigenvalue weighted by Gasteiger charge is 2.54. The number of hydrogen-bond acceptors (Lipinski definition) is 2. The normalized spacial score (nSPS) is 25.2. The first-order valence-corrected chi connectivity index (χ1v) is 10.4. The van der Waals surface area contributed by atoms with Crippen LogP contribution in [0.5, 0.6) is 0 Å². The third-order valence-electron chi connectivity index (χ3n) is 6.16. The lowest BCUT2D eigenvalue weighted by Crippen LogP contribution is -2.49. The quantitative estimate of drug-likeness (QED) is 0.697. The Balaban J connectivity index is 1.69. The SMILES string of the molecule is O=C1c2ccccc2C(OC2CCCC2)(c2ccc(Cl)cc2)N1CC1CC1. The predicted molar refractivity (Wildman–Crippen MR) is 106 cm³/mol. The van der Waals surface area contributed by atoms with Crippen LogP contribution in [0.1, 0.15) is 60.0 Å². The topological polar surface area (TPSA) is 29.5 Å². The Labute approximate surface area is 165 Å². The minimum absolute atomic E-state index is 0.0884. The minimum atomic E-state index is -0.837. The molecule has 3 nitrogen and oxygen atoms in total.